The maximum absolute atomic E-state index is 10.7. The summed E-state index contributed by atoms with van der Waals surface area (Å²) in [7, 11) is 0. The average molecular weight is 195 g/mol. The normalized spacial score (nSPS) is 8.57. The van der Waals surface area contributed by atoms with E-state index in [2.05, 4.69) is 5.32 Å². The fourth-order valence-electron chi connectivity index (χ4n) is 0.978. The van der Waals surface area contributed by atoms with Crippen LogP contribution in [0.1, 0.15) is 26.3 Å². The van der Waals surface area contributed by atoms with E-state index in [0.717, 1.165) is 11.3 Å². The van der Waals surface area contributed by atoms with Gasteiger partial charge in [0.2, 0.25) is 5.91 Å². The molecule has 78 valence electrons. The third-order valence-electron chi connectivity index (χ3n) is 1.52. The predicted octanol–water partition coefficient (Wildman–Crippen LogP) is 2.69. The number of anilines is 1. The Hall–Kier alpha value is -1.51. The largest absolute Gasteiger partial charge is 0.508 e. The van der Waals surface area contributed by atoms with Crippen LogP contribution < -0.4 is 5.32 Å². The second-order valence-corrected chi connectivity index (χ2v) is 2.68. The highest BCUT2D eigenvalue weighted by atomic mass is 16.3. The average Bonchev–Trinajstić information content (AvgIpc) is 2.13. The van der Waals surface area contributed by atoms with E-state index in [1.807, 2.05) is 20.8 Å². The molecule has 1 aromatic carbocycles. The van der Waals surface area contributed by atoms with Gasteiger partial charge in [0.25, 0.3) is 0 Å². The van der Waals surface area contributed by atoms with E-state index in [4.69, 9.17) is 5.11 Å². The zero-order valence-corrected chi connectivity index (χ0v) is 9.09. The summed E-state index contributed by atoms with van der Waals surface area (Å²) in [5.74, 6) is 0.102. The Morgan fingerprint density at radius 3 is 2.36 bits per heavy atom. The molecule has 0 fully saturated rings. The summed E-state index contributed by atoms with van der Waals surface area (Å²) < 4.78 is 0. The molecule has 1 rings (SSSR count). The van der Waals surface area contributed by atoms with Crippen molar-refractivity contribution in [3.05, 3.63) is 23.8 Å². The number of hydrogen-bond acceptors (Lipinski definition) is 2. The lowest BCUT2D eigenvalue weighted by molar-refractivity contribution is -0.114. The van der Waals surface area contributed by atoms with E-state index >= 15 is 0 Å². The summed E-state index contributed by atoms with van der Waals surface area (Å²) in [4.78, 5) is 10.7. The maximum atomic E-state index is 10.7. The van der Waals surface area contributed by atoms with Gasteiger partial charge in [-0.05, 0) is 30.7 Å². The first-order valence-corrected chi connectivity index (χ1v) is 4.67. The highest BCUT2D eigenvalue weighted by Crippen LogP contribution is 2.19. The number of aromatic hydroxyl groups is 1. The molecule has 0 aliphatic rings. The lowest BCUT2D eigenvalue weighted by Gasteiger charge is -2.05. The molecule has 3 nitrogen and oxygen atoms in total. The monoisotopic (exact) mass is 195 g/mol. The van der Waals surface area contributed by atoms with Gasteiger partial charge in [-0.2, -0.15) is 0 Å². The fraction of sp³-hybridized carbons (Fsp3) is 0.364. The van der Waals surface area contributed by atoms with Crippen LogP contribution in [0.15, 0.2) is 18.2 Å². The van der Waals surface area contributed by atoms with Crippen LogP contribution in [0.3, 0.4) is 0 Å². The molecule has 1 amide bonds. The number of carbonyl (C=O) groups is 1. The Labute approximate surface area is 84.8 Å². The first kappa shape index (κ1) is 12.5. The van der Waals surface area contributed by atoms with Crippen LogP contribution in [0.2, 0.25) is 0 Å². The molecule has 2 N–H and O–H groups in total. The highest BCUT2D eigenvalue weighted by Gasteiger charge is 1.99. The number of phenolic OH excluding ortho intramolecular Hbond substituents is 1. The van der Waals surface area contributed by atoms with Crippen LogP contribution in [0.5, 0.6) is 5.75 Å². The second kappa shape index (κ2) is 6.02. The molecule has 0 bridgehead atoms. The molecular weight excluding hydrogens is 178 g/mol. The zero-order valence-electron chi connectivity index (χ0n) is 9.09. The van der Waals surface area contributed by atoms with Crippen molar-refractivity contribution in [3.63, 3.8) is 0 Å². The van der Waals surface area contributed by atoms with Crippen LogP contribution in [0.4, 0.5) is 5.69 Å². The molecule has 0 aromatic heterocycles. The fourth-order valence-corrected chi connectivity index (χ4v) is 0.978. The number of carbonyl (C=O) groups excluding carboxylic acids is 1. The number of rotatable bonds is 1. The van der Waals surface area contributed by atoms with Crippen molar-refractivity contribution in [1.29, 1.82) is 0 Å². The summed E-state index contributed by atoms with van der Waals surface area (Å²) in [6.07, 6.45) is 0. The summed E-state index contributed by atoms with van der Waals surface area (Å²) in [6.45, 7) is 7.28. The molecule has 0 atom stereocenters. The van der Waals surface area contributed by atoms with Crippen LogP contribution in [0, 0.1) is 6.92 Å². The Morgan fingerprint density at radius 2 is 1.93 bits per heavy atom. The zero-order chi connectivity index (χ0) is 11.1. The first-order valence-electron chi connectivity index (χ1n) is 4.67. The molecule has 0 aliphatic heterocycles. The Morgan fingerprint density at radius 1 is 1.36 bits per heavy atom. The molecule has 0 spiro atoms. The number of amides is 1. The standard InChI is InChI=1S/C9H11NO2.C2H6/c1-6-5-8(12)3-4-9(6)10-7(2)11;1-2/h3-5,12H,1-2H3,(H,10,11);1-2H3. The van der Waals surface area contributed by atoms with Gasteiger partial charge in [0.15, 0.2) is 0 Å². The van der Waals surface area contributed by atoms with Gasteiger partial charge < -0.3 is 10.4 Å². The quantitative estimate of drug-likeness (QED) is 0.677. The third kappa shape index (κ3) is 3.94. The van der Waals surface area contributed by atoms with Crippen molar-refractivity contribution in [2.24, 2.45) is 0 Å². The lowest BCUT2D eigenvalue weighted by Crippen LogP contribution is -2.06. The van der Waals surface area contributed by atoms with E-state index < -0.39 is 0 Å². The molecule has 0 saturated heterocycles. The Balaban J connectivity index is 0.000000791. The van der Waals surface area contributed by atoms with Crippen molar-refractivity contribution in [3.8, 4) is 5.75 Å². The van der Waals surface area contributed by atoms with Crippen molar-refractivity contribution in [1.82, 2.24) is 0 Å². The van der Waals surface area contributed by atoms with Crippen molar-refractivity contribution < 1.29 is 9.90 Å². The summed E-state index contributed by atoms with van der Waals surface area (Å²) >= 11 is 0. The highest BCUT2D eigenvalue weighted by molar-refractivity contribution is 5.89. The third-order valence-corrected chi connectivity index (χ3v) is 1.52. The molecule has 0 heterocycles. The maximum Gasteiger partial charge on any atom is 0.221 e. The van der Waals surface area contributed by atoms with Gasteiger partial charge in [0, 0.05) is 12.6 Å². The topological polar surface area (TPSA) is 49.3 Å². The van der Waals surface area contributed by atoms with Crippen LogP contribution in [-0.4, -0.2) is 11.0 Å². The van der Waals surface area contributed by atoms with Gasteiger partial charge in [0.05, 0.1) is 0 Å². The molecule has 1 aromatic rings. The Kier molecular flexibility index (Phi) is 5.37. The lowest BCUT2D eigenvalue weighted by atomic mass is 10.2. The SMILES string of the molecule is CC.CC(=O)Nc1ccc(O)cc1C. The molecule has 14 heavy (non-hydrogen) atoms. The van der Waals surface area contributed by atoms with Gasteiger partial charge in [-0.15, -0.1) is 0 Å². The van der Waals surface area contributed by atoms with Gasteiger partial charge in [-0.1, -0.05) is 13.8 Å². The summed E-state index contributed by atoms with van der Waals surface area (Å²) in [5, 5.41) is 11.7. The van der Waals surface area contributed by atoms with Crippen LogP contribution in [-0.2, 0) is 4.79 Å². The predicted molar refractivity (Wildman–Crippen MR) is 58.5 cm³/mol. The van der Waals surface area contributed by atoms with E-state index in [9.17, 15) is 4.79 Å². The van der Waals surface area contributed by atoms with E-state index in [1.54, 1.807) is 12.1 Å². The van der Waals surface area contributed by atoms with Gasteiger partial charge in [0.1, 0.15) is 5.75 Å². The van der Waals surface area contributed by atoms with E-state index in [-0.39, 0.29) is 11.7 Å². The molecule has 0 aliphatic carbocycles. The smallest absolute Gasteiger partial charge is 0.221 e. The number of nitrogens with one attached hydrogen (secondary N) is 1. The molecule has 0 radical (unpaired) electrons. The van der Waals surface area contributed by atoms with E-state index in [1.165, 1.54) is 13.0 Å². The summed E-state index contributed by atoms with van der Waals surface area (Å²) in [6, 6.07) is 4.82. The molecule has 0 unspecified atom stereocenters. The molecular formula is C11H17NO2. The van der Waals surface area contributed by atoms with Gasteiger partial charge in [-0.3, -0.25) is 4.79 Å². The molecule has 3 heteroatoms. The van der Waals surface area contributed by atoms with Crippen LogP contribution in [0.25, 0.3) is 0 Å². The minimum absolute atomic E-state index is 0.108. The second-order valence-electron chi connectivity index (χ2n) is 2.68. The first-order chi connectivity index (χ1) is 6.59. The van der Waals surface area contributed by atoms with Gasteiger partial charge >= 0.3 is 0 Å². The summed E-state index contributed by atoms with van der Waals surface area (Å²) in [5.41, 5.74) is 1.59. The number of aryl methyl sites for hydroxylation is 1. The van der Waals surface area contributed by atoms with Crippen molar-refractivity contribution >= 4 is 11.6 Å². The minimum atomic E-state index is -0.108. The number of benzene rings is 1. The van der Waals surface area contributed by atoms with Crippen LogP contribution >= 0.6 is 0 Å². The van der Waals surface area contributed by atoms with Crippen molar-refractivity contribution in [2.45, 2.75) is 27.7 Å². The minimum Gasteiger partial charge on any atom is -0.508 e. The van der Waals surface area contributed by atoms with E-state index in [0.29, 0.717) is 0 Å². The number of hydrogen-bond donors (Lipinski definition) is 2. The van der Waals surface area contributed by atoms with Gasteiger partial charge in [-0.25, -0.2) is 0 Å². The Bertz CT molecular complexity index is 308. The van der Waals surface area contributed by atoms with Crippen molar-refractivity contribution in [2.75, 3.05) is 5.32 Å². The number of phenols is 1. The molecule has 0 saturated carbocycles.